The highest BCUT2D eigenvalue weighted by atomic mass is 35.5. The van der Waals surface area contributed by atoms with Crippen molar-refractivity contribution in [2.24, 2.45) is 0 Å². The van der Waals surface area contributed by atoms with E-state index in [0.717, 1.165) is 4.88 Å². The predicted octanol–water partition coefficient (Wildman–Crippen LogP) is 4.65. The Labute approximate surface area is 152 Å². The van der Waals surface area contributed by atoms with E-state index in [4.69, 9.17) is 11.6 Å². The van der Waals surface area contributed by atoms with Crippen LogP contribution in [0.25, 0.3) is 0 Å². The summed E-state index contributed by atoms with van der Waals surface area (Å²) in [6.07, 6.45) is 0. The maximum absolute atomic E-state index is 12.3. The highest BCUT2D eigenvalue weighted by molar-refractivity contribution is 7.12. The van der Waals surface area contributed by atoms with Gasteiger partial charge in [-0.3, -0.25) is 9.59 Å². The van der Waals surface area contributed by atoms with Crippen molar-refractivity contribution in [2.75, 3.05) is 5.32 Å². The van der Waals surface area contributed by atoms with Gasteiger partial charge < -0.3 is 10.6 Å². The monoisotopic (exact) mass is 376 g/mol. The molecule has 2 amide bonds. The van der Waals surface area contributed by atoms with Crippen LogP contribution < -0.4 is 10.6 Å². The van der Waals surface area contributed by atoms with E-state index >= 15 is 0 Å². The van der Waals surface area contributed by atoms with Gasteiger partial charge in [0.1, 0.15) is 0 Å². The SMILES string of the molecule is O=C(NCc1cccs1)c1ccc(Cl)c(NC(=O)c2cccs2)c1. The number of carbonyl (C=O) groups is 2. The van der Waals surface area contributed by atoms with Crippen molar-refractivity contribution in [3.8, 4) is 0 Å². The Morgan fingerprint density at radius 2 is 1.79 bits per heavy atom. The van der Waals surface area contributed by atoms with Crippen LogP contribution in [0.4, 0.5) is 5.69 Å². The van der Waals surface area contributed by atoms with Gasteiger partial charge in [0.05, 0.1) is 22.1 Å². The summed E-state index contributed by atoms with van der Waals surface area (Å²) in [5.74, 6) is -0.463. The normalized spacial score (nSPS) is 10.4. The highest BCUT2D eigenvalue weighted by Gasteiger charge is 2.13. The second-order valence-electron chi connectivity index (χ2n) is 4.89. The number of thiophene rings is 2. The predicted molar refractivity (Wildman–Crippen MR) is 99.2 cm³/mol. The lowest BCUT2D eigenvalue weighted by atomic mass is 10.2. The molecule has 3 rings (SSSR count). The Bertz CT molecular complexity index is 846. The molecule has 0 bridgehead atoms. The number of halogens is 1. The van der Waals surface area contributed by atoms with Crippen LogP contribution in [0.15, 0.2) is 53.2 Å². The number of carbonyl (C=O) groups excluding carboxylic acids is 2. The Kier molecular flexibility index (Phi) is 5.30. The number of amides is 2. The summed E-state index contributed by atoms with van der Waals surface area (Å²) in [5, 5.41) is 9.75. The van der Waals surface area contributed by atoms with Crippen LogP contribution in [0.5, 0.6) is 0 Å². The third-order valence-electron chi connectivity index (χ3n) is 3.22. The van der Waals surface area contributed by atoms with Gasteiger partial charge in [0.2, 0.25) is 0 Å². The number of hydrogen-bond acceptors (Lipinski definition) is 4. The molecule has 3 aromatic rings. The molecule has 1 aromatic carbocycles. The van der Waals surface area contributed by atoms with Crippen molar-refractivity contribution < 1.29 is 9.59 Å². The summed E-state index contributed by atoms with van der Waals surface area (Å²) >= 11 is 9.04. The van der Waals surface area contributed by atoms with E-state index in [-0.39, 0.29) is 11.8 Å². The van der Waals surface area contributed by atoms with Crippen LogP contribution in [0.2, 0.25) is 5.02 Å². The molecular formula is C17H13ClN2O2S2. The maximum atomic E-state index is 12.3. The Morgan fingerprint density at radius 1 is 1.00 bits per heavy atom. The molecule has 0 radical (unpaired) electrons. The molecule has 122 valence electrons. The van der Waals surface area contributed by atoms with E-state index in [0.29, 0.717) is 27.7 Å². The van der Waals surface area contributed by atoms with Crippen LogP contribution in [0, 0.1) is 0 Å². The average Bonchev–Trinajstić information content (AvgIpc) is 3.28. The van der Waals surface area contributed by atoms with E-state index < -0.39 is 0 Å². The molecule has 0 unspecified atom stereocenters. The fraction of sp³-hybridized carbons (Fsp3) is 0.0588. The largest absolute Gasteiger partial charge is 0.347 e. The third-order valence-corrected chi connectivity index (χ3v) is 5.30. The van der Waals surface area contributed by atoms with Crippen molar-refractivity contribution in [2.45, 2.75) is 6.54 Å². The second kappa shape index (κ2) is 7.61. The van der Waals surface area contributed by atoms with Gasteiger partial charge in [0, 0.05) is 10.4 Å². The minimum absolute atomic E-state index is 0.216. The number of nitrogens with one attached hydrogen (secondary N) is 2. The van der Waals surface area contributed by atoms with E-state index in [1.807, 2.05) is 22.9 Å². The number of hydrogen-bond donors (Lipinski definition) is 2. The molecule has 0 aliphatic carbocycles. The van der Waals surface area contributed by atoms with E-state index in [1.54, 1.807) is 41.7 Å². The molecule has 0 fully saturated rings. The van der Waals surface area contributed by atoms with Gasteiger partial charge in [-0.1, -0.05) is 23.7 Å². The van der Waals surface area contributed by atoms with E-state index in [2.05, 4.69) is 10.6 Å². The molecule has 0 aliphatic heterocycles. The Morgan fingerprint density at radius 3 is 2.50 bits per heavy atom. The van der Waals surface area contributed by atoms with Crippen molar-refractivity contribution in [3.63, 3.8) is 0 Å². The van der Waals surface area contributed by atoms with Crippen LogP contribution in [0.3, 0.4) is 0 Å². The third kappa shape index (κ3) is 4.03. The minimum Gasteiger partial charge on any atom is -0.347 e. The molecule has 0 saturated heterocycles. The molecule has 4 nitrogen and oxygen atoms in total. The first-order valence-electron chi connectivity index (χ1n) is 7.08. The number of benzene rings is 1. The number of anilines is 1. The molecule has 2 heterocycles. The summed E-state index contributed by atoms with van der Waals surface area (Å²) in [6.45, 7) is 0.468. The smallest absolute Gasteiger partial charge is 0.265 e. The second-order valence-corrected chi connectivity index (χ2v) is 7.28. The lowest BCUT2D eigenvalue weighted by Gasteiger charge is -2.09. The van der Waals surface area contributed by atoms with Crippen LogP contribution in [0.1, 0.15) is 24.9 Å². The molecule has 2 aromatic heterocycles. The van der Waals surface area contributed by atoms with Gasteiger partial charge >= 0.3 is 0 Å². The Hall–Kier alpha value is -2.15. The van der Waals surface area contributed by atoms with Crippen LogP contribution in [-0.2, 0) is 6.54 Å². The zero-order valence-electron chi connectivity index (χ0n) is 12.4. The molecule has 2 N–H and O–H groups in total. The average molecular weight is 377 g/mol. The van der Waals surface area contributed by atoms with Gasteiger partial charge in [-0.25, -0.2) is 0 Å². The fourth-order valence-electron chi connectivity index (χ4n) is 2.04. The standard InChI is InChI=1S/C17H13ClN2O2S2/c18-13-6-5-11(16(21)19-10-12-3-1-7-23-12)9-14(13)20-17(22)15-4-2-8-24-15/h1-9H,10H2,(H,19,21)(H,20,22). The van der Waals surface area contributed by atoms with Gasteiger partial charge in [0.15, 0.2) is 0 Å². The first-order chi connectivity index (χ1) is 11.6. The Balaban J connectivity index is 1.71. The van der Waals surface area contributed by atoms with Crippen molar-refractivity contribution in [3.05, 3.63) is 73.6 Å². The number of rotatable bonds is 5. The van der Waals surface area contributed by atoms with Crippen molar-refractivity contribution in [1.29, 1.82) is 0 Å². The minimum atomic E-state index is -0.247. The van der Waals surface area contributed by atoms with E-state index in [9.17, 15) is 9.59 Å². The van der Waals surface area contributed by atoms with Crippen molar-refractivity contribution in [1.82, 2.24) is 5.32 Å². The zero-order valence-corrected chi connectivity index (χ0v) is 14.8. The maximum Gasteiger partial charge on any atom is 0.265 e. The van der Waals surface area contributed by atoms with Gasteiger partial charge in [0.25, 0.3) is 11.8 Å². The molecule has 0 saturated carbocycles. The lowest BCUT2D eigenvalue weighted by molar-refractivity contribution is 0.0950. The van der Waals surface area contributed by atoms with E-state index in [1.165, 1.54) is 11.3 Å². The molecule has 0 spiro atoms. The van der Waals surface area contributed by atoms with Gasteiger partial charge in [-0.15, -0.1) is 22.7 Å². The quantitative estimate of drug-likeness (QED) is 0.681. The van der Waals surface area contributed by atoms with Crippen LogP contribution in [-0.4, -0.2) is 11.8 Å². The van der Waals surface area contributed by atoms with Crippen molar-refractivity contribution >= 4 is 51.8 Å². The lowest BCUT2D eigenvalue weighted by Crippen LogP contribution is -2.22. The zero-order chi connectivity index (χ0) is 16.9. The first kappa shape index (κ1) is 16.7. The summed E-state index contributed by atoms with van der Waals surface area (Å²) in [7, 11) is 0. The van der Waals surface area contributed by atoms with Gasteiger partial charge in [-0.05, 0) is 41.1 Å². The topological polar surface area (TPSA) is 58.2 Å². The molecular weight excluding hydrogens is 364 g/mol. The molecule has 0 atom stereocenters. The summed E-state index contributed by atoms with van der Waals surface area (Å²) in [4.78, 5) is 26.0. The fourth-order valence-corrected chi connectivity index (χ4v) is 3.46. The summed E-state index contributed by atoms with van der Waals surface area (Å²) in [5.41, 5.74) is 0.858. The molecule has 7 heteroatoms. The van der Waals surface area contributed by atoms with Crippen LogP contribution >= 0.6 is 34.3 Å². The molecule has 24 heavy (non-hydrogen) atoms. The molecule has 0 aliphatic rings. The van der Waals surface area contributed by atoms with Gasteiger partial charge in [-0.2, -0.15) is 0 Å². The first-order valence-corrected chi connectivity index (χ1v) is 9.22. The highest BCUT2D eigenvalue weighted by Crippen LogP contribution is 2.24. The summed E-state index contributed by atoms with van der Waals surface area (Å²) < 4.78 is 0. The summed E-state index contributed by atoms with van der Waals surface area (Å²) in [6, 6.07) is 12.2.